The minimum Gasteiger partial charge on any atom is -0.463 e. The normalized spacial score (nSPS) is 12.2. The topological polar surface area (TPSA) is 56.1 Å². The Kier molecular flexibility index (Phi) is 2.29. The van der Waals surface area contributed by atoms with Gasteiger partial charge in [0.2, 0.25) is 0 Å². The van der Waals surface area contributed by atoms with Crippen LogP contribution in [0.15, 0.2) is 30.6 Å². The highest BCUT2D eigenvalue weighted by molar-refractivity contribution is 5.76. The van der Waals surface area contributed by atoms with E-state index >= 15 is 0 Å². The lowest BCUT2D eigenvalue weighted by atomic mass is 10.1. The molecule has 0 aliphatic carbocycles. The quantitative estimate of drug-likeness (QED) is 0.812. The van der Waals surface area contributed by atoms with Gasteiger partial charge < -0.3 is 14.6 Å². The minimum atomic E-state index is 0.299. The minimum absolute atomic E-state index is 0.299. The molecule has 0 spiro atoms. The molecule has 1 aliphatic heterocycles. The van der Waals surface area contributed by atoms with Crippen molar-refractivity contribution >= 4 is 12.2 Å². The number of nitrogens with one attached hydrogen (secondary N) is 1. The van der Waals surface area contributed by atoms with E-state index in [1.165, 1.54) is 0 Å². The molecule has 0 radical (unpaired) electrons. The van der Waals surface area contributed by atoms with E-state index in [0.29, 0.717) is 19.7 Å². The Bertz CT molecular complexity index is 563. The summed E-state index contributed by atoms with van der Waals surface area (Å²) in [5.74, 6) is 0.960. The fourth-order valence-corrected chi connectivity index (χ4v) is 2.00. The van der Waals surface area contributed by atoms with Crippen molar-refractivity contribution in [2.24, 2.45) is 0 Å². The Labute approximate surface area is 98.0 Å². The van der Waals surface area contributed by atoms with Crippen molar-refractivity contribution < 1.29 is 9.53 Å². The highest BCUT2D eigenvalue weighted by Crippen LogP contribution is 2.31. The largest absolute Gasteiger partial charge is 0.463 e. The number of hydrogen-bond acceptors (Lipinski definition) is 4. The molecule has 5 heteroatoms. The van der Waals surface area contributed by atoms with Crippen molar-refractivity contribution in [3.63, 3.8) is 0 Å². The number of fused-ring (bicyclic) bond motifs is 3. The number of nitrogens with zero attached hydrogens (tertiary/aromatic N) is 2. The second kappa shape index (κ2) is 3.93. The van der Waals surface area contributed by atoms with Crippen LogP contribution in [0, 0.1) is 0 Å². The number of ether oxygens (including phenoxy) is 1. The lowest BCUT2D eigenvalue weighted by molar-refractivity contribution is -0.129. The summed E-state index contributed by atoms with van der Waals surface area (Å²) in [5.41, 5.74) is 3.05. The summed E-state index contributed by atoms with van der Waals surface area (Å²) >= 11 is 0. The van der Waals surface area contributed by atoms with E-state index in [1.807, 2.05) is 29.0 Å². The molecule has 17 heavy (non-hydrogen) atoms. The maximum absolute atomic E-state index is 10.1. The number of carbonyl (C=O) groups is 1. The molecule has 86 valence electrons. The van der Waals surface area contributed by atoms with Crippen LogP contribution in [0.4, 0.5) is 5.69 Å². The van der Waals surface area contributed by atoms with Crippen LogP contribution in [0.25, 0.3) is 11.4 Å². The van der Waals surface area contributed by atoms with Crippen molar-refractivity contribution in [1.82, 2.24) is 9.55 Å². The molecular formula is C12H11N3O2. The van der Waals surface area contributed by atoms with Crippen molar-refractivity contribution in [2.75, 3.05) is 5.32 Å². The molecule has 1 aromatic carbocycles. The van der Waals surface area contributed by atoms with Gasteiger partial charge in [-0.2, -0.15) is 0 Å². The highest BCUT2D eigenvalue weighted by Gasteiger charge is 2.16. The van der Waals surface area contributed by atoms with Crippen LogP contribution >= 0.6 is 0 Å². The fraction of sp³-hybridized carbons (Fsp3) is 0.167. The molecule has 3 rings (SSSR count). The van der Waals surface area contributed by atoms with Crippen LogP contribution in [0.1, 0.15) is 5.56 Å². The maximum Gasteiger partial charge on any atom is 0.293 e. The number of carbonyl (C=O) groups excluding carboxylic acids is 1. The summed E-state index contributed by atoms with van der Waals surface area (Å²) in [5, 5.41) is 3.30. The smallest absolute Gasteiger partial charge is 0.293 e. The second-order valence-electron chi connectivity index (χ2n) is 3.84. The second-order valence-corrected chi connectivity index (χ2v) is 3.84. The molecule has 2 aromatic rings. The first-order chi connectivity index (χ1) is 8.38. The van der Waals surface area contributed by atoms with Gasteiger partial charge in [0.25, 0.3) is 6.47 Å². The molecule has 0 unspecified atom stereocenters. The molecule has 0 bridgehead atoms. The van der Waals surface area contributed by atoms with Crippen LogP contribution < -0.4 is 5.32 Å². The SMILES string of the molecule is O=COCc1ccc2c(c1)NCn1ccnc1-2. The average Bonchev–Trinajstić information content (AvgIpc) is 2.84. The van der Waals surface area contributed by atoms with E-state index in [9.17, 15) is 4.79 Å². The summed E-state index contributed by atoms with van der Waals surface area (Å²) in [6, 6.07) is 5.91. The van der Waals surface area contributed by atoms with E-state index < -0.39 is 0 Å². The molecule has 1 aliphatic rings. The fourth-order valence-electron chi connectivity index (χ4n) is 2.00. The Balaban J connectivity index is 1.98. The number of anilines is 1. The van der Waals surface area contributed by atoms with E-state index in [1.54, 1.807) is 6.20 Å². The number of hydrogen-bond donors (Lipinski definition) is 1. The van der Waals surface area contributed by atoms with Gasteiger partial charge in [0, 0.05) is 23.6 Å². The monoisotopic (exact) mass is 229 g/mol. The van der Waals surface area contributed by atoms with Gasteiger partial charge in [-0.15, -0.1) is 0 Å². The molecule has 0 saturated heterocycles. The van der Waals surface area contributed by atoms with E-state index in [2.05, 4.69) is 10.3 Å². The molecule has 0 amide bonds. The zero-order valence-corrected chi connectivity index (χ0v) is 9.09. The zero-order chi connectivity index (χ0) is 11.7. The summed E-state index contributed by atoms with van der Waals surface area (Å²) in [4.78, 5) is 14.5. The summed E-state index contributed by atoms with van der Waals surface area (Å²) in [7, 11) is 0. The van der Waals surface area contributed by atoms with Crippen molar-refractivity contribution in [1.29, 1.82) is 0 Å². The van der Waals surface area contributed by atoms with Gasteiger partial charge in [-0.05, 0) is 17.7 Å². The summed E-state index contributed by atoms with van der Waals surface area (Å²) < 4.78 is 6.78. The Morgan fingerprint density at radius 3 is 3.35 bits per heavy atom. The van der Waals surface area contributed by atoms with Crippen LogP contribution in [0.2, 0.25) is 0 Å². The van der Waals surface area contributed by atoms with Crippen LogP contribution in [-0.4, -0.2) is 16.0 Å². The van der Waals surface area contributed by atoms with Gasteiger partial charge in [0.05, 0.1) is 6.67 Å². The Morgan fingerprint density at radius 2 is 2.47 bits per heavy atom. The van der Waals surface area contributed by atoms with Crippen molar-refractivity contribution in [2.45, 2.75) is 13.3 Å². The van der Waals surface area contributed by atoms with Gasteiger partial charge in [0.1, 0.15) is 12.4 Å². The maximum atomic E-state index is 10.1. The first-order valence-electron chi connectivity index (χ1n) is 5.32. The van der Waals surface area contributed by atoms with Crippen molar-refractivity contribution in [3.8, 4) is 11.4 Å². The van der Waals surface area contributed by atoms with Crippen LogP contribution in [-0.2, 0) is 22.8 Å². The average molecular weight is 229 g/mol. The third-order valence-corrected chi connectivity index (χ3v) is 2.80. The standard InChI is InChI=1S/C12H11N3O2/c16-8-17-6-9-1-2-10-11(5-9)14-7-15-4-3-13-12(10)15/h1-5,8,14H,6-7H2. The third-order valence-electron chi connectivity index (χ3n) is 2.80. The van der Waals surface area contributed by atoms with E-state index in [-0.39, 0.29) is 0 Å². The lowest BCUT2D eigenvalue weighted by Crippen LogP contribution is -2.15. The van der Waals surface area contributed by atoms with Crippen molar-refractivity contribution in [3.05, 3.63) is 36.2 Å². The number of aromatic nitrogens is 2. The summed E-state index contributed by atoms with van der Waals surface area (Å²) in [6.07, 6.45) is 3.73. The van der Waals surface area contributed by atoms with Crippen LogP contribution in [0.5, 0.6) is 0 Å². The number of rotatable bonds is 3. The number of imidazole rings is 1. The predicted molar refractivity (Wildman–Crippen MR) is 62.1 cm³/mol. The molecule has 1 N–H and O–H groups in total. The first kappa shape index (κ1) is 9.89. The molecule has 0 atom stereocenters. The molecule has 2 heterocycles. The molecule has 0 saturated carbocycles. The van der Waals surface area contributed by atoms with Gasteiger partial charge in [0.15, 0.2) is 0 Å². The third kappa shape index (κ3) is 1.65. The number of benzene rings is 1. The van der Waals surface area contributed by atoms with Gasteiger partial charge in [-0.3, -0.25) is 4.79 Å². The Morgan fingerprint density at radius 1 is 1.53 bits per heavy atom. The summed E-state index contributed by atoms with van der Waals surface area (Å²) in [6.45, 7) is 1.47. The van der Waals surface area contributed by atoms with Crippen LogP contribution in [0.3, 0.4) is 0 Å². The lowest BCUT2D eigenvalue weighted by Gasteiger charge is -2.20. The first-order valence-corrected chi connectivity index (χ1v) is 5.32. The molecule has 1 aromatic heterocycles. The predicted octanol–water partition coefficient (Wildman–Crippen LogP) is 1.61. The van der Waals surface area contributed by atoms with E-state index in [4.69, 9.17) is 4.74 Å². The van der Waals surface area contributed by atoms with Gasteiger partial charge in [-0.25, -0.2) is 4.98 Å². The molecule has 5 nitrogen and oxygen atoms in total. The van der Waals surface area contributed by atoms with E-state index in [0.717, 1.165) is 22.6 Å². The molecular weight excluding hydrogens is 218 g/mol. The van der Waals surface area contributed by atoms with Gasteiger partial charge in [-0.1, -0.05) is 6.07 Å². The highest BCUT2D eigenvalue weighted by atomic mass is 16.5. The van der Waals surface area contributed by atoms with Gasteiger partial charge >= 0.3 is 0 Å². The zero-order valence-electron chi connectivity index (χ0n) is 9.09. The molecule has 0 fully saturated rings. The Hall–Kier alpha value is -2.30.